The molecule has 2 aromatic rings. The molecule has 0 spiro atoms. The normalized spacial score (nSPS) is 11.0. The van der Waals surface area contributed by atoms with Crippen molar-refractivity contribution in [2.24, 2.45) is 0 Å². The van der Waals surface area contributed by atoms with Gasteiger partial charge in [0, 0.05) is 19.4 Å². The van der Waals surface area contributed by atoms with Crippen LogP contribution >= 0.6 is 0 Å². The lowest BCUT2D eigenvalue weighted by atomic mass is 10.4. The molecule has 0 radical (unpaired) electrons. The average Bonchev–Trinajstić information content (AvgIpc) is 3.03. The molecule has 0 aliphatic carbocycles. The van der Waals surface area contributed by atoms with Gasteiger partial charge in [-0.15, -0.1) is 0 Å². The zero-order chi connectivity index (χ0) is 12.8. The molecule has 0 aromatic carbocycles. The van der Waals surface area contributed by atoms with Crippen LogP contribution in [0.5, 0.6) is 0 Å². The number of nitrogens with one attached hydrogen (secondary N) is 1. The molecule has 1 N–H and O–H groups in total. The minimum atomic E-state index is 0.754. The smallest absolute Gasteiger partial charge is 0.150 e. The second-order valence-corrected chi connectivity index (χ2v) is 4.13. The Morgan fingerprint density at radius 3 is 2.89 bits per heavy atom. The van der Waals surface area contributed by atoms with Crippen LogP contribution in [0.4, 0.5) is 0 Å². The summed E-state index contributed by atoms with van der Waals surface area (Å²) in [4.78, 5) is 4.48. The van der Waals surface area contributed by atoms with Gasteiger partial charge in [0.25, 0.3) is 0 Å². The highest BCUT2D eigenvalue weighted by Gasteiger charge is 2.06. The van der Waals surface area contributed by atoms with E-state index in [1.807, 2.05) is 16.8 Å². The van der Waals surface area contributed by atoms with Crippen molar-refractivity contribution in [3.8, 4) is 0 Å². The van der Waals surface area contributed by atoms with Crippen LogP contribution in [0.3, 0.4) is 0 Å². The van der Waals surface area contributed by atoms with Crippen LogP contribution < -0.4 is 5.32 Å². The second-order valence-electron chi connectivity index (χ2n) is 4.13. The molecule has 0 aliphatic rings. The number of furan rings is 1. The number of nitrogens with zero attached hydrogens (tertiary/aromatic N) is 3. The molecule has 2 rings (SSSR count). The maximum Gasteiger partial charge on any atom is 0.150 e. The highest BCUT2D eigenvalue weighted by Crippen LogP contribution is 2.01. The first-order valence-corrected chi connectivity index (χ1v) is 6.49. The van der Waals surface area contributed by atoms with E-state index in [1.165, 1.54) is 0 Å². The quantitative estimate of drug-likeness (QED) is 0.759. The van der Waals surface area contributed by atoms with Gasteiger partial charge in [-0.25, -0.2) is 9.67 Å². The summed E-state index contributed by atoms with van der Waals surface area (Å²) < 4.78 is 7.25. The van der Waals surface area contributed by atoms with Crippen molar-refractivity contribution >= 4 is 0 Å². The van der Waals surface area contributed by atoms with E-state index in [0.717, 1.165) is 49.9 Å². The van der Waals surface area contributed by atoms with Crippen LogP contribution in [0.1, 0.15) is 31.3 Å². The van der Waals surface area contributed by atoms with Gasteiger partial charge in [-0.3, -0.25) is 0 Å². The monoisotopic (exact) mass is 248 g/mol. The molecule has 5 nitrogen and oxygen atoms in total. The van der Waals surface area contributed by atoms with E-state index < -0.39 is 0 Å². The van der Waals surface area contributed by atoms with Crippen LogP contribution in [-0.2, 0) is 25.9 Å². The first kappa shape index (κ1) is 12.8. The third kappa shape index (κ3) is 3.20. The first-order valence-electron chi connectivity index (χ1n) is 6.49. The minimum absolute atomic E-state index is 0.754. The summed E-state index contributed by atoms with van der Waals surface area (Å²) in [5.74, 6) is 2.95. The maximum atomic E-state index is 5.25. The van der Waals surface area contributed by atoms with Crippen molar-refractivity contribution in [2.75, 3.05) is 6.54 Å². The van der Waals surface area contributed by atoms with Gasteiger partial charge in [-0.05, 0) is 12.1 Å². The molecular weight excluding hydrogens is 228 g/mol. The van der Waals surface area contributed by atoms with Gasteiger partial charge in [0.15, 0.2) is 5.82 Å². The van der Waals surface area contributed by atoms with Crippen LogP contribution in [0, 0.1) is 0 Å². The second kappa shape index (κ2) is 6.35. The van der Waals surface area contributed by atoms with E-state index in [0.29, 0.717) is 0 Å². The Bertz CT molecular complexity index is 461. The molecule has 0 atom stereocenters. The molecule has 0 amide bonds. The summed E-state index contributed by atoms with van der Waals surface area (Å²) in [6.07, 6.45) is 3.50. The number of hydrogen-bond donors (Lipinski definition) is 1. The molecule has 0 saturated carbocycles. The van der Waals surface area contributed by atoms with Crippen LogP contribution in [0.25, 0.3) is 0 Å². The van der Waals surface area contributed by atoms with Crippen LogP contribution in [0.15, 0.2) is 22.8 Å². The summed E-state index contributed by atoms with van der Waals surface area (Å²) in [6.45, 7) is 6.64. The molecule has 2 heterocycles. The Morgan fingerprint density at radius 2 is 2.22 bits per heavy atom. The van der Waals surface area contributed by atoms with Gasteiger partial charge >= 0.3 is 0 Å². The number of aryl methyl sites for hydroxylation is 2. The standard InChI is InChI=1S/C13H20N4O/c1-3-12-15-13(4-2)17(16-12)8-7-14-10-11-6-5-9-18-11/h5-6,9,14H,3-4,7-8,10H2,1-2H3. The van der Waals surface area contributed by atoms with E-state index in [9.17, 15) is 0 Å². The van der Waals surface area contributed by atoms with E-state index in [1.54, 1.807) is 6.26 Å². The van der Waals surface area contributed by atoms with E-state index in [2.05, 4.69) is 29.2 Å². The Hall–Kier alpha value is -1.62. The van der Waals surface area contributed by atoms with Gasteiger partial charge in [-0.2, -0.15) is 5.10 Å². The largest absolute Gasteiger partial charge is 0.468 e. The van der Waals surface area contributed by atoms with E-state index in [4.69, 9.17) is 4.42 Å². The minimum Gasteiger partial charge on any atom is -0.468 e. The third-order valence-corrected chi connectivity index (χ3v) is 2.80. The highest BCUT2D eigenvalue weighted by atomic mass is 16.3. The zero-order valence-electron chi connectivity index (χ0n) is 11.0. The van der Waals surface area contributed by atoms with Crippen molar-refractivity contribution in [1.29, 1.82) is 0 Å². The molecule has 0 fully saturated rings. The highest BCUT2D eigenvalue weighted by molar-refractivity contribution is 4.97. The topological polar surface area (TPSA) is 55.9 Å². The Balaban J connectivity index is 1.80. The molecule has 0 unspecified atom stereocenters. The molecule has 5 heteroatoms. The van der Waals surface area contributed by atoms with Crippen molar-refractivity contribution in [3.05, 3.63) is 35.8 Å². The SMILES string of the molecule is CCc1nc(CC)n(CCNCc2ccco2)n1. The first-order chi connectivity index (χ1) is 8.83. The molecule has 18 heavy (non-hydrogen) atoms. The summed E-state index contributed by atoms with van der Waals surface area (Å²) in [7, 11) is 0. The van der Waals surface area contributed by atoms with Crippen LogP contribution in [0.2, 0.25) is 0 Å². The molecule has 0 bridgehead atoms. The number of aromatic nitrogens is 3. The fraction of sp³-hybridized carbons (Fsp3) is 0.538. The molecule has 2 aromatic heterocycles. The Morgan fingerprint density at radius 1 is 1.33 bits per heavy atom. The van der Waals surface area contributed by atoms with Gasteiger partial charge in [0.05, 0.1) is 19.4 Å². The third-order valence-electron chi connectivity index (χ3n) is 2.80. The van der Waals surface area contributed by atoms with Gasteiger partial charge < -0.3 is 9.73 Å². The summed E-state index contributed by atoms with van der Waals surface area (Å²) in [6, 6.07) is 3.87. The number of hydrogen-bond acceptors (Lipinski definition) is 4. The lowest BCUT2D eigenvalue weighted by molar-refractivity contribution is 0.466. The predicted molar refractivity (Wildman–Crippen MR) is 69.2 cm³/mol. The van der Waals surface area contributed by atoms with Crippen LogP contribution in [-0.4, -0.2) is 21.3 Å². The number of rotatable bonds is 7. The summed E-state index contributed by atoms with van der Waals surface area (Å²) in [5, 5.41) is 7.81. The lowest BCUT2D eigenvalue weighted by Gasteiger charge is -2.05. The van der Waals surface area contributed by atoms with Crippen molar-refractivity contribution in [1.82, 2.24) is 20.1 Å². The zero-order valence-corrected chi connectivity index (χ0v) is 11.0. The van der Waals surface area contributed by atoms with Crippen molar-refractivity contribution < 1.29 is 4.42 Å². The Labute approximate surface area is 107 Å². The molecular formula is C13H20N4O. The summed E-state index contributed by atoms with van der Waals surface area (Å²) in [5.41, 5.74) is 0. The Kier molecular flexibility index (Phi) is 4.52. The maximum absolute atomic E-state index is 5.25. The van der Waals surface area contributed by atoms with Crippen molar-refractivity contribution in [3.63, 3.8) is 0 Å². The van der Waals surface area contributed by atoms with E-state index >= 15 is 0 Å². The molecule has 0 saturated heterocycles. The predicted octanol–water partition coefficient (Wildman–Crippen LogP) is 1.79. The molecule has 0 aliphatic heterocycles. The van der Waals surface area contributed by atoms with Gasteiger partial charge in [0.1, 0.15) is 11.6 Å². The lowest BCUT2D eigenvalue weighted by Crippen LogP contribution is -2.21. The fourth-order valence-corrected chi connectivity index (χ4v) is 1.83. The van der Waals surface area contributed by atoms with E-state index in [-0.39, 0.29) is 0 Å². The fourth-order valence-electron chi connectivity index (χ4n) is 1.83. The average molecular weight is 248 g/mol. The van der Waals surface area contributed by atoms with Gasteiger partial charge in [-0.1, -0.05) is 13.8 Å². The van der Waals surface area contributed by atoms with Gasteiger partial charge in [0.2, 0.25) is 0 Å². The molecule has 98 valence electrons. The van der Waals surface area contributed by atoms with Crippen molar-refractivity contribution in [2.45, 2.75) is 39.8 Å². The summed E-state index contributed by atoms with van der Waals surface area (Å²) >= 11 is 0.